The average Bonchev–Trinajstić information content (AvgIpc) is 2.85. The zero-order valence-electron chi connectivity index (χ0n) is 16.2. The normalized spacial score (nSPS) is 63.9. The molecule has 150 valence electrons. The second kappa shape index (κ2) is 5.02. The van der Waals surface area contributed by atoms with Gasteiger partial charge in [0.1, 0.15) is 11.7 Å². The van der Waals surface area contributed by atoms with E-state index in [1.807, 2.05) is 0 Å². The van der Waals surface area contributed by atoms with E-state index in [0.717, 1.165) is 6.42 Å². The molecule has 2 bridgehead atoms. The van der Waals surface area contributed by atoms with Crippen LogP contribution >= 0.6 is 0 Å². The van der Waals surface area contributed by atoms with Crippen molar-refractivity contribution in [1.29, 1.82) is 0 Å². The predicted molar refractivity (Wildman–Crippen MR) is 94.0 cm³/mol. The number of rotatable bonds is 0. The van der Waals surface area contributed by atoms with Crippen LogP contribution in [0.15, 0.2) is 0 Å². The van der Waals surface area contributed by atoms with Crippen LogP contribution in [-0.2, 0) is 0 Å². The van der Waals surface area contributed by atoms with E-state index < -0.39 is 51.9 Å². The van der Waals surface area contributed by atoms with E-state index in [2.05, 4.69) is 0 Å². The molecule has 0 aromatic carbocycles. The Morgan fingerprint density at radius 2 is 1.42 bits per heavy atom. The highest BCUT2D eigenvalue weighted by Crippen LogP contribution is 2.69. The summed E-state index contributed by atoms with van der Waals surface area (Å²) in [4.78, 5) is 0. The third-order valence-electron chi connectivity index (χ3n) is 9.30. The summed E-state index contributed by atoms with van der Waals surface area (Å²) in [5.41, 5.74) is -6.05. The molecule has 0 amide bonds. The van der Waals surface area contributed by atoms with Crippen molar-refractivity contribution in [2.75, 3.05) is 0 Å². The fourth-order valence-electron chi connectivity index (χ4n) is 7.68. The maximum atomic E-state index is 11.7. The van der Waals surface area contributed by atoms with Gasteiger partial charge in [-0.25, -0.2) is 0 Å². The van der Waals surface area contributed by atoms with E-state index in [-0.39, 0.29) is 18.3 Å². The molecule has 6 heteroatoms. The SMILES string of the molecule is CC1(C)[C@@H](O)C[C@H]2[C@](C)(O)[C@@H]3CC[C@H]4CC3(C[C@@]4(C)O)[C@H](O)[C@@H](O)[C@@]21O. The van der Waals surface area contributed by atoms with Crippen molar-refractivity contribution in [1.82, 2.24) is 0 Å². The Labute approximate surface area is 154 Å². The Morgan fingerprint density at radius 3 is 2.04 bits per heavy atom. The van der Waals surface area contributed by atoms with Crippen molar-refractivity contribution in [3.8, 4) is 0 Å². The summed E-state index contributed by atoms with van der Waals surface area (Å²) in [6.07, 6.45) is -1.27. The quantitative estimate of drug-likeness (QED) is 0.361. The van der Waals surface area contributed by atoms with E-state index >= 15 is 0 Å². The molecule has 0 aromatic heterocycles. The number of aliphatic hydroxyl groups is 6. The van der Waals surface area contributed by atoms with Crippen molar-refractivity contribution in [2.24, 2.45) is 28.6 Å². The van der Waals surface area contributed by atoms with Gasteiger partial charge in [0.25, 0.3) is 0 Å². The lowest BCUT2D eigenvalue weighted by Gasteiger charge is -2.50. The molecule has 0 aromatic rings. The Hall–Kier alpha value is -0.240. The van der Waals surface area contributed by atoms with Crippen LogP contribution in [0.25, 0.3) is 0 Å². The van der Waals surface area contributed by atoms with Crippen molar-refractivity contribution >= 4 is 0 Å². The molecule has 0 radical (unpaired) electrons. The molecule has 4 aliphatic rings. The molecule has 4 aliphatic carbocycles. The summed E-state index contributed by atoms with van der Waals surface area (Å²) in [7, 11) is 0. The topological polar surface area (TPSA) is 121 Å². The highest BCUT2D eigenvalue weighted by molar-refractivity contribution is 5.26. The van der Waals surface area contributed by atoms with Crippen LogP contribution in [0.3, 0.4) is 0 Å². The third kappa shape index (κ3) is 1.89. The fraction of sp³-hybridized carbons (Fsp3) is 1.00. The molecule has 6 N–H and O–H groups in total. The molecular formula is C20H34O6. The molecule has 1 spiro atoms. The molecule has 6 nitrogen and oxygen atoms in total. The molecule has 4 rings (SSSR count). The Kier molecular flexibility index (Phi) is 3.69. The lowest BCUT2D eigenvalue weighted by Crippen LogP contribution is -2.63. The van der Waals surface area contributed by atoms with Gasteiger partial charge in [-0.05, 0) is 57.8 Å². The summed E-state index contributed by atoms with van der Waals surface area (Å²) >= 11 is 0. The van der Waals surface area contributed by atoms with Crippen molar-refractivity contribution in [2.45, 2.75) is 94.9 Å². The van der Waals surface area contributed by atoms with Crippen LogP contribution in [-0.4, -0.2) is 65.8 Å². The van der Waals surface area contributed by atoms with Gasteiger partial charge in [0.2, 0.25) is 0 Å². The molecular weight excluding hydrogens is 336 g/mol. The van der Waals surface area contributed by atoms with Gasteiger partial charge in [-0.3, -0.25) is 0 Å². The smallest absolute Gasteiger partial charge is 0.110 e. The Balaban J connectivity index is 1.91. The first-order chi connectivity index (χ1) is 11.7. The molecule has 1 unspecified atom stereocenters. The second-order valence-corrected chi connectivity index (χ2v) is 10.8. The van der Waals surface area contributed by atoms with Crippen LogP contribution in [0, 0.1) is 28.6 Å². The zero-order valence-corrected chi connectivity index (χ0v) is 16.2. The minimum Gasteiger partial charge on any atom is -0.392 e. The van der Waals surface area contributed by atoms with Crippen LogP contribution in [0.4, 0.5) is 0 Å². The van der Waals surface area contributed by atoms with Gasteiger partial charge in [0, 0.05) is 16.7 Å². The van der Waals surface area contributed by atoms with Crippen LogP contribution in [0.5, 0.6) is 0 Å². The first-order valence-corrected chi connectivity index (χ1v) is 9.94. The van der Waals surface area contributed by atoms with Crippen molar-refractivity contribution in [3.05, 3.63) is 0 Å². The van der Waals surface area contributed by atoms with Gasteiger partial charge in [-0.2, -0.15) is 0 Å². The number of hydrogen-bond acceptors (Lipinski definition) is 6. The second-order valence-electron chi connectivity index (χ2n) is 10.8. The van der Waals surface area contributed by atoms with Gasteiger partial charge in [-0.1, -0.05) is 13.8 Å². The maximum absolute atomic E-state index is 11.7. The van der Waals surface area contributed by atoms with Gasteiger partial charge < -0.3 is 30.6 Å². The first kappa shape index (κ1) is 19.1. The van der Waals surface area contributed by atoms with Crippen LogP contribution in [0.1, 0.15) is 59.8 Å². The summed E-state index contributed by atoms with van der Waals surface area (Å²) in [5, 5.41) is 67.3. The number of hydrogen-bond donors (Lipinski definition) is 6. The molecule has 4 fully saturated rings. The lowest BCUT2D eigenvalue weighted by atomic mass is 9.58. The highest BCUT2D eigenvalue weighted by atomic mass is 16.4. The summed E-state index contributed by atoms with van der Waals surface area (Å²) < 4.78 is 0. The number of aliphatic hydroxyl groups excluding tert-OH is 3. The Morgan fingerprint density at radius 1 is 0.808 bits per heavy atom. The van der Waals surface area contributed by atoms with Crippen molar-refractivity contribution in [3.63, 3.8) is 0 Å². The van der Waals surface area contributed by atoms with Crippen molar-refractivity contribution < 1.29 is 30.6 Å². The largest absolute Gasteiger partial charge is 0.392 e. The highest BCUT2D eigenvalue weighted by Gasteiger charge is 2.76. The zero-order chi connectivity index (χ0) is 19.5. The van der Waals surface area contributed by atoms with Gasteiger partial charge in [0.15, 0.2) is 0 Å². The molecule has 4 saturated carbocycles. The molecule has 26 heavy (non-hydrogen) atoms. The average molecular weight is 370 g/mol. The van der Waals surface area contributed by atoms with Crippen LogP contribution < -0.4 is 0 Å². The fourth-order valence-corrected chi connectivity index (χ4v) is 7.68. The number of fused-ring (bicyclic) bond motifs is 2. The van der Waals surface area contributed by atoms with E-state index in [4.69, 9.17) is 0 Å². The first-order valence-electron chi connectivity index (χ1n) is 9.94. The van der Waals surface area contributed by atoms with Gasteiger partial charge >= 0.3 is 0 Å². The summed E-state index contributed by atoms with van der Waals surface area (Å²) in [6, 6.07) is 0. The van der Waals surface area contributed by atoms with E-state index in [9.17, 15) is 30.6 Å². The van der Waals surface area contributed by atoms with E-state index in [1.54, 1.807) is 27.7 Å². The molecule has 0 heterocycles. The molecule has 0 saturated heterocycles. The summed E-state index contributed by atoms with van der Waals surface area (Å²) in [5.74, 6) is -1.09. The van der Waals surface area contributed by atoms with E-state index in [1.165, 1.54) is 0 Å². The maximum Gasteiger partial charge on any atom is 0.110 e. The molecule has 10 atom stereocenters. The minimum atomic E-state index is -1.81. The predicted octanol–water partition coefficient (Wildman–Crippen LogP) is 0.168. The van der Waals surface area contributed by atoms with Gasteiger partial charge in [-0.15, -0.1) is 0 Å². The summed E-state index contributed by atoms with van der Waals surface area (Å²) in [6.45, 7) is 6.83. The van der Waals surface area contributed by atoms with E-state index in [0.29, 0.717) is 19.3 Å². The lowest BCUT2D eigenvalue weighted by molar-refractivity contribution is -0.216. The monoisotopic (exact) mass is 370 g/mol. The minimum absolute atomic E-state index is 0.0163. The standard InChI is InChI=1S/C20H34O6/c1-16(2)13(21)7-12-18(4,25)11-6-5-10-8-19(11,9-17(10,3)24)14(22)15(23)20(12,16)26/h10-15,21-26H,5-9H2,1-4H3/t10-,11-,12-,13-,14+,15+,17+,18+,19?,20-/m0/s1. The van der Waals surface area contributed by atoms with Crippen LogP contribution in [0.2, 0.25) is 0 Å². The third-order valence-corrected chi connectivity index (χ3v) is 9.30. The van der Waals surface area contributed by atoms with Gasteiger partial charge in [0.05, 0.1) is 23.4 Å². The Bertz CT molecular complexity index is 615. The molecule has 0 aliphatic heterocycles.